The Morgan fingerprint density at radius 3 is 2.78 bits per heavy atom. The second-order valence-electron chi connectivity index (χ2n) is 5.85. The molecule has 2 N–H and O–H groups in total. The first-order chi connectivity index (χ1) is 8.66. The summed E-state index contributed by atoms with van der Waals surface area (Å²) in [4.78, 5) is 13.7. The lowest BCUT2D eigenvalue weighted by Crippen LogP contribution is -2.42. The second kappa shape index (κ2) is 6.53. The Kier molecular flexibility index (Phi) is 5.01. The third kappa shape index (κ3) is 4.25. The van der Waals surface area contributed by atoms with Gasteiger partial charge in [0, 0.05) is 18.6 Å². The Morgan fingerprint density at radius 2 is 2.11 bits per heavy atom. The minimum absolute atomic E-state index is 0.354. The van der Waals surface area contributed by atoms with Gasteiger partial charge in [-0.25, -0.2) is 0 Å². The maximum absolute atomic E-state index is 11.2. The van der Waals surface area contributed by atoms with Crippen LogP contribution in [0.4, 0.5) is 0 Å². The van der Waals surface area contributed by atoms with Crippen molar-refractivity contribution in [3.05, 3.63) is 0 Å². The molecule has 1 saturated heterocycles. The predicted molar refractivity (Wildman–Crippen MR) is 71.7 cm³/mol. The van der Waals surface area contributed by atoms with Crippen LogP contribution in [0, 0.1) is 0 Å². The molecule has 4 heteroatoms. The smallest absolute Gasteiger partial charge is 0.320 e. The lowest BCUT2D eigenvalue weighted by atomic mass is 10.1. The number of nitrogens with zero attached hydrogens (tertiary/aromatic N) is 1. The van der Waals surface area contributed by atoms with Crippen LogP contribution in [0.3, 0.4) is 0 Å². The molecule has 18 heavy (non-hydrogen) atoms. The van der Waals surface area contributed by atoms with Gasteiger partial charge in [-0.1, -0.05) is 12.8 Å². The summed E-state index contributed by atoms with van der Waals surface area (Å²) in [5.41, 5.74) is 0. The third-order valence-electron chi connectivity index (χ3n) is 4.21. The van der Waals surface area contributed by atoms with Gasteiger partial charge < -0.3 is 15.3 Å². The maximum atomic E-state index is 11.2. The van der Waals surface area contributed by atoms with Gasteiger partial charge in [0.25, 0.3) is 0 Å². The topological polar surface area (TPSA) is 52.6 Å². The van der Waals surface area contributed by atoms with Crippen molar-refractivity contribution in [2.75, 3.05) is 13.1 Å². The molecule has 4 nitrogen and oxygen atoms in total. The Hall–Kier alpha value is -0.610. The number of hydrogen-bond acceptors (Lipinski definition) is 3. The van der Waals surface area contributed by atoms with Crippen molar-refractivity contribution in [1.82, 2.24) is 10.2 Å². The summed E-state index contributed by atoms with van der Waals surface area (Å²) in [6, 6.07) is 0.725. The third-order valence-corrected chi connectivity index (χ3v) is 4.21. The minimum atomic E-state index is -0.690. The first kappa shape index (κ1) is 13.8. The summed E-state index contributed by atoms with van der Waals surface area (Å²) in [6.07, 6.45) is 8.18. The van der Waals surface area contributed by atoms with Gasteiger partial charge >= 0.3 is 5.97 Å². The molecule has 2 aliphatic rings. The fourth-order valence-electron chi connectivity index (χ4n) is 2.77. The SMILES string of the molecule is CC1CCCCCN1CCC(NC1CC1)C(=O)O. The van der Waals surface area contributed by atoms with E-state index in [1.54, 1.807) is 0 Å². The van der Waals surface area contributed by atoms with E-state index in [4.69, 9.17) is 0 Å². The van der Waals surface area contributed by atoms with Crippen LogP contribution in [-0.4, -0.2) is 47.2 Å². The molecule has 2 unspecified atom stereocenters. The molecule has 0 radical (unpaired) electrons. The van der Waals surface area contributed by atoms with Crippen molar-refractivity contribution >= 4 is 5.97 Å². The zero-order valence-corrected chi connectivity index (χ0v) is 11.4. The van der Waals surface area contributed by atoms with Gasteiger partial charge in [0.05, 0.1) is 0 Å². The first-order valence-corrected chi connectivity index (χ1v) is 7.39. The van der Waals surface area contributed by atoms with Crippen molar-refractivity contribution in [3.8, 4) is 0 Å². The zero-order valence-electron chi connectivity index (χ0n) is 11.4. The molecule has 104 valence electrons. The molecule has 0 aromatic rings. The van der Waals surface area contributed by atoms with E-state index in [1.807, 2.05) is 0 Å². The van der Waals surface area contributed by atoms with Crippen LogP contribution in [0.2, 0.25) is 0 Å². The fourth-order valence-corrected chi connectivity index (χ4v) is 2.77. The zero-order chi connectivity index (χ0) is 13.0. The Bertz CT molecular complexity index is 279. The number of rotatable bonds is 6. The van der Waals surface area contributed by atoms with Crippen LogP contribution in [0.1, 0.15) is 51.9 Å². The fraction of sp³-hybridized carbons (Fsp3) is 0.929. The van der Waals surface area contributed by atoms with Crippen LogP contribution < -0.4 is 5.32 Å². The molecule has 0 amide bonds. The summed E-state index contributed by atoms with van der Waals surface area (Å²) >= 11 is 0. The quantitative estimate of drug-likeness (QED) is 0.759. The van der Waals surface area contributed by atoms with E-state index >= 15 is 0 Å². The Balaban J connectivity index is 1.77. The summed E-state index contributed by atoms with van der Waals surface area (Å²) in [5.74, 6) is -0.690. The van der Waals surface area contributed by atoms with Gasteiger partial charge in [0.1, 0.15) is 6.04 Å². The van der Waals surface area contributed by atoms with E-state index in [1.165, 1.54) is 25.7 Å². The van der Waals surface area contributed by atoms with E-state index in [9.17, 15) is 9.90 Å². The Labute approximate surface area is 110 Å². The highest BCUT2D eigenvalue weighted by Crippen LogP contribution is 2.21. The number of carboxylic acid groups (broad SMARTS) is 1. The molecule has 0 aromatic carbocycles. The van der Waals surface area contributed by atoms with Crippen molar-refractivity contribution in [3.63, 3.8) is 0 Å². The monoisotopic (exact) mass is 254 g/mol. The number of carboxylic acids is 1. The number of carbonyl (C=O) groups is 1. The molecule has 1 aliphatic heterocycles. The summed E-state index contributed by atoms with van der Waals surface area (Å²) in [7, 11) is 0. The van der Waals surface area contributed by atoms with Crippen molar-refractivity contribution in [2.45, 2.75) is 70.0 Å². The highest BCUT2D eigenvalue weighted by Gasteiger charge is 2.28. The molecule has 2 atom stereocenters. The number of nitrogens with one attached hydrogen (secondary N) is 1. The van der Waals surface area contributed by atoms with Gasteiger partial charge in [-0.2, -0.15) is 0 Å². The minimum Gasteiger partial charge on any atom is -0.480 e. The maximum Gasteiger partial charge on any atom is 0.320 e. The van der Waals surface area contributed by atoms with E-state index in [0.29, 0.717) is 12.1 Å². The van der Waals surface area contributed by atoms with Crippen molar-refractivity contribution in [1.29, 1.82) is 0 Å². The van der Waals surface area contributed by atoms with Crippen LogP contribution in [0.5, 0.6) is 0 Å². The first-order valence-electron chi connectivity index (χ1n) is 7.39. The lowest BCUT2D eigenvalue weighted by molar-refractivity contribution is -0.139. The van der Waals surface area contributed by atoms with E-state index in [0.717, 1.165) is 32.4 Å². The molecular weight excluding hydrogens is 228 g/mol. The average molecular weight is 254 g/mol. The largest absolute Gasteiger partial charge is 0.480 e. The molecule has 2 rings (SSSR count). The van der Waals surface area contributed by atoms with Gasteiger partial charge in [-0.3, -0.25) is 4.79 Å². The number of likely N-dealkylation sites (tertiary alicyclic amines) is 1. The highest BCUT2D eigenvalue weighted by atomic mass is 16.4. The van der Waals surface area contributed by atoms with Gasteiger partial charge in [0.15, 0.2) is 0 Å². The highest BCUT2D eigenvalue weighted by molar-refractivity contribution is 5.73. The standard InChI is InChI=1S/C14H26N2O2/c1-11-5-3-2-4-9-16(11)10-8-13(14(17)18)15-12-6-7-12/h11-13,15H,2-10H2,1H3,(H,17,18). The molecule has 0 bridgehead atoms. The molecule has 0 spiro atoms. The summed E-state index contributed by atoms with van der Waals surface area (Å²) < 4.78 is 0. The molecule has 1 heterocycles. The normalized spacial score (nSPS) is 27.7. The van der Waals surface area contributed by atoms with Crippen LogP contribution in [-0.2, 0) is 4.79 Å². The summed E-state index contributed by atoms with van der Waals surface area (Å²) in [5, 5.41) is 12.5. The predicted octanol–water partition coefficient (Wildman–Crippen LogP) is 1.85. The number of hydrogen-bond donors (Lipinski definition) is 2. The van der Waals surface area contributed by atoms with Crippen LogP contribution >= 0.6 is 0 Å². The number of aliphatic carboxylic acids is 1. The van der Waals surface area contributed by atoms with Crippen molar-refractivity contribution in [2.24, 2.45) is 0 Å². The van der Waals surface area contributed by atoms with Crippen LogP contribution in [0.15, 0.2) is 0 Å². The van der Waals surface area contributed by atoms with Crippen LogP contribution in [0.25, 0.3) is 0 Å². The van der Waals surface area contributed by atoms with Gasteiger partial charge in [0.2, 0.25) is 0 Å². The van der Waals surface area contributed by atoms with Gasteiger partial charge in [-0.15, -0.1) is 0 Å². The molecule has 1 saturated carbocycles. The molecule has 1 aliphatic carbocycles. The molecule has 2 fully saturated rings. The van der Waals surface area contributed by atoms with E-state index < -0.39 is 5.97 Å². The van der Waals surface area contributed by atoms with E-state index in [2.05, 4.69) is 17.1 Å². The molecule has 0 aromatic heterocycles. The van der Waals surface area contributed by atoms with E-state index in [-0.39, 0.29) is 6.04 Å². The Morgan fingerprint density at radius 1 is 1.33 bits per heavy atom. The molecular formula is C14H26N2O2. The van der Waals surface area contributed by atoms with Crippen molar-refractivity contribution < 1.29 is 9.90 Å². The lowest BCUT2D eigenvalue weighted by Gasteiger charge is -2.28. The summed E-state index contributed by atoms with van der Waals surface area (Å²) in [6.45, 7) is 4.32. The second-order valence-corrected chi connectivity index (χ2v) is 5.85. The average Bonchev–Trinajstić information content (AvgIpc) is 3.13. The van der Waals surface area contributed by atoms with Gasteiger partial charge in [-0.05, 0) is 45.6 Å².